The van der Waals surface area contributed by atoms with Gasteiger partial charge >= 0.3 is 6.03 Å². The molecular formula is C14H19N5O2. The van der Waals surface area contributed by atoms with Gasteiger partial charge in [0.2, 0.25) is 0 Å². The van der Waals surface area contributed by atoms with Crippen molar-refractivity contribution in [3.8, 4) is 5.75 Å². The molecule has 1 aromatic carbocycles. The molecule has 21 heavy (non-hydrogen) atoms. The van der Waals surface area contributed by atoms with Gasteiger partial charge in [-0.15, -0.1) is 0 Å². The third kappa shape index (κ3) is 4.89. The number of piperidine rings is 1. The first kappa shape index (κ1) is 15.0. The number of rotatable bonds is 5. The first-order valence-electron chi connectivity index (χ1n) is 7.04. The van der Waals surface area contributed by atoms with E-state index in [1.54, 1.807) is 4.90 Å². The number of urea groups is 1. The first-order chi connectivity index (χ1) is 10.3. The van der Waals surface area contributed by atoms with Crippen molar-refractivity contribution in [1.29, 1.82) is 0 Å². The molecule has 1 aliphatic rings. The van der Waals surface area contributed by atoms with Crippen LogP contribution in [0.1, 0.15) is 12.8 Å². The second-order valence-electron chi connectivity index (χ2n) is 4.82. The van der Waals surface area contributed by atoms with Gasteiger partial charge < -0.3 is 15.0 Å². The number of para-hydroxylation sites is 1. The highest BCUT2D eigenvalue weighted by atomic mass is 16.5. The predicted octanol–water partition coefficient (Wildman–Crippen LogP) is 2.55. The Labute approximate surface area is 123 Å². The van der Waals surface area contributed by atoms with Crippen molar-refractivity contribution < 1.29 is 9.53 Å². The number of hydrogen-bond donors (Lipinski definition) is 1. The number of carbonyl (C=O) groups is 1. The van der Waals surface area contributed by atoms with Crippen LogP contribution in [0.3, 0.4) is 0 Å². The quantitative estimate of drug-likeness (QED) is 0.390. The van der Waals surface area contributed by atoms with E-state index in [1.807, 2.05) is 30.3 Å². The van der Waals surface area contributed by atoms with Gasteiger partial charge in [-0.3, -0.25) is 0 Å². The summed E-state index contributed by atoms with van der Waals surface area (Å²) in [7, 11) is 0. The van der Waals surface area contributed by atoms with Crippen molar-refractivity contribution in [2.75, 3.05) is 26.2 Å². The second kappa shape index (κ2) is 8.01. The number of benzene rings is 1. The minimum absolute atomic E-state index is 0.0143. The van der Waals surface area contributed by atoms with Crippen LogP contribution in [-0.4, -0.2) is 43.2 Å². The third-order valence-corrected chi connectivity index (χ3v) is 3.36. The number of nitrogens with one attached hydrogen (secondary N) is 1. The van der Waals surface area contributed by atoms with Gasteiger partial charge in [-0.2, -0.15) is 0 Å². The Hall–Kier alpha value is -2.40. The molecule has 0 radical (unpaired) electrons. The molecular weight excluding hydrogens is 270 g/mol. The lowest BCUT2D eigenvalue weighted by atomic mass is 10.1. The summed E-state index contributed by atoms with van der Waals surface area (Å²) in [5.41, 5.74) is 8.38. The normalized spacial score (nSPS) is 15.1. The predicted molar refractivity (Wildman–Crippen MR) is 79.1 cm³/mol. The topological polar surface area (TPSA) is 90.3 Å². The number of likely N-dealkylation sites (tertiary alicyclic amines) is 1. The molecule has 0 atom stereocenters. The Morgan fingerprint density at radius 2 is 2.10 bits per heavy atom. The van der Waals surface area contributed by atoms with Crippen LogP contribution in [0.15, 0.2) is 35.4 Å². The fourth-order valence-corrected chi connectivity index (χ4v) is 2.21. The zero-order valence-electron chi connectivity index (χ0n) is 11.8. The molecule has 0 aromatic heterocycles. The Kier molecular flexibility index (Phi) is 5.72. The van der Waals surface area contributed by atoms with Crippen molar-refractivity contribution in [3.63, 3.8) is 0 Å². The maximum Gasteiger partial charge on any atom is 0.317 e. The summed E-state index contributed by atoms with van der Waals surface area (Å²) >= 11 is 0. The van der Waals surface area contributed by atoms with Crippen molar-refractivity contribution in [1.82, 2.24) is 10.2 Å². The summed E-state index contributed by atoms with van der Waals surface area (Å²) in [5, 5.41) is 6.52. The van der Waals surface area contributed by atoms with Gasteiger partial charge in [-0.1, -0.05) is 23.3 Å². The van der Waals surface area contributed by atoms with Crippen molar-refractivity contribution in [3.05, 3.63) is 40.8 Å². The summed E-state index contributed by atoms with van der Waals surface area (Å²) in [6.07, 6.45) is 1.44. The minimum Gasteiger partial charge on any atom is -0.492 e. The molecule has 0 bridgehead atoms. The molecule has 1 fully saturated rings. The Morgan fingerprint density at radius 3 is 2.76 bits per heavy atom. The van der Waals surface area contributed by atoms with E-state index in [-0.39, 0.29) is 12.1 Å². The lowest BCUT2D eigenvalue weighted by Crippen LogP contribution is -2.46. The van der Waals surface area contributed by atoms with Crippen molar-refractivity contribution >= 4 is 6.03 Å². The molecule has 1 aliphatic heterocycles. The standard InChI is InChI=1S/C14H19N5O2/c15-18-17-12-6-9-19(10-7-12)14(20)16-8-11-21-13-4-2-1-3-5-13/h1-5,12H,6-11H2,(H,16,20). The SMILES string of the molecule is [N-]=[N+]=NC1CCN(C(=O)NCCOc2ccccc2)CC1. The molecule has 7 heteroatoms. The van der Waals surface area contributed by atoms with E-state index in [2.05, 4.69) is 15.3 Å². The first-order valence-corrected chi connectivity index (χ1v) is 7.04. The lowest BCUT2D eigenvalue weighted by molar-refractivity contribution is 0.179. The Balaban J connectivity index is 1.63. The summed E-state index contributed by atoms with van der Waals surface area (Å²) < 4.78 is 5.50. The number of nitrogens with zero attached hydrogens (tertiary/aromatic N) is 4. The van der Waals surface area contributed by atoms with Crippen LogP contribution in [0.2, 0.25) is 0 Å². The van der Waals surface area contributed by atoms with Gasteiger partial charge in [-0.05, 0) is 30.5 Å². The molecule has 1 N–H and O–H groups in total. The molecule has 0 spiro atoms. The molecule has 2 amide bonds. The van der Waals surface area contributed by atoms with E-state index in [9.17, 15) is 4.79 Å². The molecule has 7 nitrogen and oxygen atoms in total. The Morgan fingerprint density at radius 1 is 1.38 bits per heavy atom. The number of amides is 2. The van der Waals surface area contributed by atoms with Gasteiger partial charge in [0.15, 0.2) is 0 Å². The van der Waals surface area contributed by atoms with Crippen molar-refractivity contribution in [2.24, 2.45) is 5.11 Å². The molecule has 2 rings (SSSR count). The van der Waals surface area contributed by atoms with Gasteiger partial charge in [0.1, 0.15) is 12.4 Å². The summed E-state index contributed by atoms with van der Waals surface area (Å²) in [5.74, 6) is 0.793. The van der Waals surface area contributed by atoms with Crippen LogP contribution >= 0.6 is 0 Å². The summed E-state index contributed by atoms with van der Waals surface area (Å²) in [6.45, 7) is 2.14. The molecule has 1 aromatic rings. The zero-order chi connectivity index (χ0) is 14.9. The number of hydrogen-bond acceptors (Lipinski definition) is 3. The van der Waals surface area contributed by atoms with Gasteiger partial charge in [-0.25, -0.2) is 4.79 Å². The lowest BCUT2D eigenvalue weighted by Gasteiger charge is -2.29. The van der Waals surface area contributed by atoms with Crippen molar-refractivity contribution in [2.45, 2.75) is 18.9 Å². The van der Waals surface area contributed by atoms with E-state index in [0.29, 0.717) is 26.2 Å². The highest BCUT2D eigenvalue weighted by Crippen LogP contribution is 2.13. The zero-order valence-corrected chi connectivity index (χ0v) is 11.8. The van der Waals surface area contributed by atoms with E-state index in [4.69, 9.17) is 10.3 Å². The van der Waals surface area contributed by atoms with Crippen LogP contribution < -0.4 is 10.1 Å². The highest BCUT2D eigenvalue weighted by Gasteiger charge is 2.21. The Bertz CT molecular complexity index is 493. The maximum absolute atomic E-state index is 11.9. The minimum atomic E-state index is -0.0916. The fraction of sp³-hybridized carbons (Fsp3) is 0.500. The molecule has 1 heterocycles. The average Bonchev–Trinajstić information content (AvgIpc) is 2.53. The molecule has 0 unspecified atom stereocenters. The van der Waals surface area contributed by atoms with Gasteiger partial charge in [0, 0.05) is 24.0 Å². The van der Waals surface area contributed by atoms with Crippen LogP contribution in [0, 0.1) is 0 Å². The molecule has 112 valence electrons. The van der Waals surface area contributed by atoms with Gasteiger partial charge in [0.05, 0.1) is 6.54 Å². The monoisotopic (exact) mass is 289 g/mol. The summed E-state index contributed by atoms with van der Waals surface area (Å²) in [4.78, 5) is 16.5. The third-order valence-electron chi connectivity index (χ3n) is 3.36. The van der Waals surface area contributed by atoms with E-state index >= 15 is 0 Å². The summed E-state index contributed by atoms with van der Waals surface area (Å²) in [6, 6.07) is 9.41. The maximum atomic E-state index is 11.9. The van der Waals surface area contributed by atoms with Crippen LogP contribution in [0.4, 0.5) is 4.79 Å². The second-order valence-corrected chi connectivity index (χ2v) is 4.82. The van der Waals surface area contributed by atoms with Crippen LogP contribution in [-0.2, 0) is 0 Å². The van der Waals surface area contributed by atoms with E-state index in [0.717, 1.165) is 18.6 Å². The van der Waals surface area contributed by atoms with Crippen LogP contribution in [0.25, 0.3) is 10.4 Å². The molecule has 0 aliphatic carbocycles. The highest BCUT2D eigenvalue weighted by molar-refractivity contribution is 5.74. The number of azide groups is 1. The molecule has 0 saturated carbocycles. The van der Waals surface area contributed by atoms with Gasteiger partial charge in [0.25, 0.3) is 0 Å². The largest absolute Gasteiger partial charge is 0.492 e. The fourth-order valence-electron chi connectivity index (χ4n) is 2.21. The number of ether oxygens (including phenoxy) is 1. The van der Waals surface area contributed by atoms with E-state index in [1.165, 1.54) is 0 Å². The molecule has 1 saturated heterocycles. The smallest absolute Gasteiger partial charge is 0.317 e. The average molecular weight is 289 g/mol. The van der Waals surface area contributed by atoms with Crippen LogP contribution in [0.5, 0.6) is 5.75 Å². The van der Waals surface area contributed by atoms with E-state index < -0.39 is 0 Å². The number of carbonyl (C=O) groups excluding carboxylic acids is 1.